The van der Waals surface area contributed by atoms with Gasteiger partial charge in [-0.1, -0.05) is 34.6 Å². The molecule has 152 valence electrons. The summed E-state index contributed by atoms with van der Waals surface area (Å²) in [6, 6.07) is 0.314. The number of likely N-dealkylation sites (tertiary alicyclic amines) is 1. The molecule has 1 aliphatic rings. The van der Waals surface area contributed by atoms with Crippen LogP contribution >= 0.6 is 0 Å². The van der Waals surface area contributed by atoms with Crippen LogP contribution in [-0.4, -0.2) is 47.4 Å². The largest absolute Gasteiger partial charge is 0.443 e. The Hall–Kier alpha value is -2.05. The Morgan fingerprint density at radius 2 is 2.04 bits per heavy atom. The molecule has 2 rings (SSSR count). The summed E-state index contributed by atoms with van der Waals surface area (Å²) in [7, 11) is 0. The van der Waals surface area contributed by atoms with Crippen LogP contribution in [0.1, 0.15) is 66.0 Å². The lowest BCUT2D eigenvalue weighted by Gasteiger charge is -2.34. The molecule has 0 atom stereocenters. The molecule has 1 aromatic heterocycles. The number of aliphatic imine (C=N–C) groups is 1. The lowest BCUT2D eigenvalue weighted by molar-refractivity contribution is -0.135. The summed E-state index contributed by atoms with van der Waals surface area (Å²) in [5, 5.41) is 6.76. The predicted octanol–water partition coefficient (Wildman–Crippen LogP) is 2.67. The van der Waals surface area contributed by atoms with E-state index in [2.05, 4.69) is 41.4 Å². The van der Waals surface area contributed by atoms with Gasteiger partial charge in [-0.3, -0.25) is 4.79 Å². The number of rotatable bonds is 5. The van der Waals surface area contributed by atoms with Crippen LogP contribution in [0.2, 0.25) is 0 Å². The molecular formula is C20H35N5O2. The molecule has 2 N–H and O–H groups in total. The molecule has 7 heteroatoms. The molecule has 0 saturated carbocycles. The van der Waals surface area contributed by atoms with Crippen molar-refractivity contribution in [2.24, 2.45) is 10.9 Å². The second kappa shape index (κ2) is 9.24. The number of carbonyl (C=O) groups excluding carboxylic acids is 1. The smallest absolute Gasteiger partial charge is 0.225 e. The fourth-order valence-corrected chi connectivity index (χ4v) is 3.00. The van der Waals surface area contributed by atoms with E-state index < -0.39 is 0 Å². The van der Waals surface area contributed by atoms with Gasteiger partial charge in [-0.25, -0.2) is 9.98 Å². The van der Waals surface area contributed by atoms with Crippen LogP contribution in [0.25, 0.3) is 0 Å². The van der Waals surface area contributed by atoms with Crippen molar-refractivity contribution in [3.63, 3.8) is 0 Å². The van der Waals surface area contributed by atoms with Crippen molar-refractivity contribution in [1.29, 1.82) is 0 Å². The van der Waals surface area contributed by atoms with Crippen molar-refractivity contribution >= 4 is 11.9 Å². The maximum absolute atomic E-state index is 12.1. The van der Waals surface area contributed by atoms with Gasteiger partial charge in [-0.15, -0.1) is 0 Å². The molecule has 27 heavy (non-hydrogen) atoms. The number of hydrogen-bond donors (Lipinski definition) is 2. The highest BCUT2D eigenvalue weighted by molar-refractivity contribution is 5.80. The van der Waals surface area contributed by atoms with Crippen LogP contribution in [0.3, 0.4) is 0 Å². The number of carbonyl (C=O) groups is 1. The summed E-state index contributed by atoms with van der Waals surface area (Å²) >= 11 is 0. The molecular weight excluding hydrogens is 342 g/mol. The molecule has 1 saturated heterocycles. The van der Waals surface area contributed by atoms with Gasteiger partial charge in [-0.05, 0) is 19.8 Å². The SMILES string of the molecule is CCNC(=NCc1ncc(C(C)(C)C)o1)NC1CCN(C(=O)C(C)C)CC1. The molecule has 1 aromatic rings. The van der Waals surface area contributed by atoms with Crippen LogP contribution < -0.4 is 10.6 Å². The van der Waals surface area contributed by atoms with E-state index >= 15 is 0 Å². The second-order valence-corrected chi connectivity index (χ2v) is 8.46. The Balaban J connectivity index is 1.91. The summed E-state index contributed by atoms with van der Waals surface area (Å²) in [5.41, 5.74) is -0.0564. The van der Waals surface area contributed by atoms with Gasteiger partial charge in [0.25, 0.3) is 0 Å². The van der Waals surface area contributed by atoms with E-state index in [1.54, 1.807) is 6.20 Å². The third-order valence-electron chi connectivity index (χ3n) is 4.65. The lowest BCUT2D eigenvalue weighted by Crippen LogP contribution is -2.50. The summed E-state index contributed by atoms with van der Waals surface area (Å²) in [6.45, 7) is 15.0. The Kier molecular flexibility index (Phi) is 7.27. The molecule has 1 aliphatic heterocycles. The van der Waals surface area contributed by atoms with E-state index in [9.17, 15) is 4.79 Å². The first-order valence-electron chi connectivity index (χ1n) is 9.99. The molecule has 0 spiro atoms. The van der Waals surface area contributed by atoms with Crippen LogP contribution in [0, 0.1) is 5.92 Å². The van der Waals surface area contributed by atoms with E-state index in [1.807, 2.05) is 25.7 Å². The number of oxazole rings is 1. The molecule has 0 unspecified atom stereocenters. The fourth-order valence-electron chi connectivity index (χ4n) is 3.00. The summed E-state index contributed by atoms with van der Waals surface area (Å²) in [6.07, 6.45) is 3.64. The Morgan fingerprint density at radius 3 is 2.56 bits per heavy atom. The Labute approximate surface area is 163 Å². The minimum Gasteiger partial charge on any atom is -0.443 e. The Bertz CT molecular complexity index is 637. The third kappa shape index (κ3) is 6.26. The number of amides is 1. The molecule has 0 bridgehead atoms. The third-order valence-corrected chi connectivity index (χ3v) is 4.65. The normalized spacial score (nSPS) is 16.7. The average molecular weight is 378 g/mol. The first-order chi connectivity index (χ1) is 12.7. The van der Waals surface area contributed by atoms with Gasteiger partial charge in [0.05, 0.1) is 6.20 Å². The highest BCUT2D eigenvalue weighted by Crippen LogP contribution is 2.22. The monoisotopic (exact) mass is 377 g/mol. The molecule has 0 aliphatic carbocycles. The van der Waals surface area contributed by atoms with E-state index in [-0.39, 0.29) is 17.2 Å². The minimum absolute atomic E-state index is 0.0564. The predicted molar refractivity (Wildman–Crippen MR) is 108 cm³/mol. The standard InChI is InChI=1S/C20H35N5O2/c1-7-21-19(23-13-17-22-12-16(27-17)20(4,5)6)24-15-8-10-25(11-9-15)18(26)14(2)3/h12,14-15H,7-11,13H2,1-6H3,(H2,21,23,24). The zero-order valence-corrected chi connectivity index (χ0v) is 17.6. The summed E-state index contributed by atoms with van der Waals surface area (Å²) in [5.74, 6) is 2.56. The maximum atomic E-state index is 12.1. The zero-order chi connectivity index (χ0) is 20.0. The van der Waals surface area contributed by atoms with Crippen molar-refractivity contribution in [3.05, 3.63) is 17.8 Å². The number of piperidine rings is 1. The second-order valence-electron chi connectivity index (χ2n) is 8.46. The topological polar surface area (TPSA) is 82.8 Å². The van der Waals surface area contributed by atoms with E-state index in [0.29, 0.717) is 18.5 Å². The van der Waals surface area contributed by atoms with Gasteiger partial charge in [0, 0.05) is 37.0 Å². The lowest BCUT2D eigenvalue weighted by atomic mass is 9.94. The van der Waals surface area contributed by atoms with Crippen molar-refractivity contribution < 1.29 is 9.21 Å². The maximum Gasteiger partial charge on any atom is 0.225 e. The van der Waals surface area contributed by atoms with Crippen molar-refractivity contribution in [2.75, 3.05) is 19.6 Å². The first-order valence-corrected chi connectivity index (χ1v) is 9.99. The van der Waals surface area contributed by atoms with Crippen LogP contribution in [0.15, 0.2) is 15.6 Å². The van der Waals surface area contributed by atoms with E-state index in [1.165, 1.54) is 0 Å². The van der Waals surface area contributed by atoms with Crippen LogP contribution in [-0.2, 0) is 16.8 Å². The summed E-state index contributed by atoms with van der Waals surface area (Å²) < 4.78 is 5.81. The molecule has 0 radical (unpaired) electrons. The van der Waals surface area contributed by atoms with Gasteiger partial charge in [0.15, 0.2) is 5.96 Å². The number of guanidine groups is 1. The zero-order valence-electron chi connectivity index (χ0n) is 17.6. The highest BCUT2D eigenvalue weighted by Gasteiger charge is 2.24. The highest BCUT2D eigenvalue weighted by atomic mass is 16.4. The first kappa shape index (κ1) is 21.3. The van der Waals surface area contributed by atoms with Gasteiger partial charge in [-0.2, -0.15) is 0 Å². The number of aromatic nitrogens is 1. The molecule has 7 nitrogen and oxygen atoms in total. The van der Waals surface area contributed by atoms with Crippen molar-refractivity contribution in [1.82, 2.24) is 20.5 Å². The molecule has 0 aromatic carbocycles. The molecule has 2 heterocycles. The average Bonchev–Trinajstić information content (AvgIpc) is 3.09. The summed E-state index contributed by atoms with van der Waals surface area (Å²) in [4.78, 5) is 23.0. The van der Waals surface area contributed by atoms with Crippen molar-refractivity contribution in [2.45, 2.75) is 72.4 Å². The molecule has 1 amide bonds. The molecule has 1 fully saturated rings. The number of nitrogens with one attached hydrogen (secondary N) is 2. The van der Waals surface area contributed by atoms with Crippen molar-refractivity contribution in [3.8, 4) is 0 Å². The van der Waals surface area contributed by atoms with E-state index in [0.717, 1.165) is 44.2 Å². The quantitative estimate of drug-likeness (QED) is 0.609. The van der Waals surface area contributed by atoms with Gasteiger partial charge in [0.2, 0.25) is 11.8 Å². The van der Waals surface area contributed by atoms with Gasteiger partial charge < -0.3 is 20.0 Å². The van der Waals surface area contributed by atoms with Crippen LogP contribution in [0.5, 0.6) is 0 Å². The van der Waals surface area contributed by atoms with Crippen LogP contribution in [0.4, 0.5) is 0 Å². The number of nitrogens with zero attached hydrogens (tertiary/aromatic N) is 3. The minimum atomic E-state index is -0.0564. The number of hydrogen-bond acceptors (Lipinski definition) is 4. The van der Waals surface area contributed by atoms with Gasteiger partial charge >= 0.3 is 0 Å². The Morgan fingerprint density at radius 1 is 1.37 bits per heavy atom. The van der Waals surface area contributed by atoms with E-state index in [4.69, 9.17) is 4.42 Å². The van der Waals surface area contributed by atoms with Gasteiger partial charge in [0.1, 0.15) is 12.3 Å². The fraction of sp³-hybridized carbons (Fsp3) is 0.750.